The van der Waals surface area contributed by atoms with Gasteiger partial charge >= 0.3 is 5.97 Å². The number of hydrogen-bond donors (Lipinski definition) is 1. The Labute approximate surface area is 227 Å². The summed E-state index contributed by atoms with van der Waals surface area (Å²) in [4.78, 5) is 45.5. The van der Waals surface area contributed by atoms with E-state index in [2.05, 4.69) is 33.9 Å². The summed E-state index contributed by atoms with van der Waals surface area (Å²) in [6, 6.07) is -0.601. The van der Waals surface area contributed by atoms with Crippen LogP contribution in [0.4, 0.5) is 0 Å². The topological polar surface area (TPSA) is 87.1 Å². The fourth-order valence-electron chi connectivity index (χ4n) is 6.71. The molecule has 1 N–H and O–H groups in total. The molecule has 0 radical (unpaired) electrons. The lowest BCUT2D eigenvalue weighted by molar-refractivity contribution is -0.155. The van der Waals surface area contributed by atoms with Crippen molar-refractivity contribution < 1.29 is 24.2 Å². The molecule has 0 aromatic carbocycles. The van der Waals surface area contributed by atoms with Crippen molar-refractivity contribution in [3.05, 3.63) is 25.3 Å². The highest BCUT2D eigenvalue weighted by atomic mass is 32.2. The number of amides is 2. The van der Waals surface area contributed by atoms with Gasteiger partial charge in [0.15, 0.2) is 0 Å². The highest BCUT2D eigenvalue weighted by Crippen LogP contribution is 2.71. The zero-order valence-electron chi connectivity index (χ0n) is 23.0. The first-order valence-electron chi connectivity index (χ1n) is 14.0. The first kappa shape index (κ1) is 29.8. The molecule has 8 heteroatoms. The van der Waals surface area contributed by atoms with Crippen LogP contribution in [-0.2, 0) is 19.1 Å². The van der Waals surface area contributed by atoms with Gasteiger partial charge in [0.1, 0.15) is 6.04 Å². The van der Waals surface area contributed by atoms with Crippen molar-refractivity contribution in [2.24, 2.45) is 11.8 Å². The molecule has 7 nitrogen and oxygen atoms in total. The Bertz CT molecular complexity index is 865. The first-order chi connectivity index (χ1) is 17.7. The lowest BCUT2D eigenvalue weighted by Gasteiger charge is -2.39. The summed E-state index contributed by atoms with van der Waals surface area (Å²) < 4.78 is 4.67. The lowest BCUT2D eigenvalue weighted by atomic mass is 9.66. The molecular formula is C29H46N2O5S. The van der Waals surface area contributed by atoms with Crippen LogP contribution in [-0.4, -0.2) is 80.6 Å². The van der Waals surface area contributed by atoms with Gasteiger partial charge in [0.25, 0.3) is 0 Å². The molecule has 3 heterocycles. The number of hydrogen-bond acceptors (Lipinski definition) is 6. The zero-order chi connectivity index (χ0) is 27.2. The number of thioether (sulfide) groups is 1. The molecule has 3 fully saturated rings. The Morgan fingerprint density at radius 1 is 1.24 bits per heavy atom. The second kappa shape index (κ2) is 12.8. The number of carbonyl (C=O) groups is 3. The summed E-state index contributed by atoms with van der Waals surface area (Å²) in [5, 5.41) is 9.36. The minimum Gasteiger partial charge on any atom is -0.465 e. The molecule has 2 amide bonds. The van der Waals surface area contributed by atoms with Crippen LogP contribution in [0.25, 0.3) is 0 Å². The molecule has 3 rings (SSSR count). The monoisotopic (exact) mass is 534 g/mol. The summed E-state index contributed by atoms with van der Waals surface area (Å²) in [6.07, 6.45) is 10.6. The molecule has 3 unspecified atom stereocenters. The molecule has 0 aromatic rings. The summed E-state index contributed by atoms with van der Waals surface area (Å²) in [5.41, 5.74) is 0. The van der Waals surface area contributed by atoms with Crippen LogP contribution in [0.1, 0.15) is 78.6 Å². The number of aliphatic hydroxyl groups excluding tert-OH is 1. The molecule has 1 spiro atoms. The van der Waals surface area contributed by atoms with Crippen LogP contribution < -0.4 is 0 Å². The summed E-state index contributed by atoms with van der Waals surface area (Å²) in [6.45, 7) is 15.0. The van der Waals surface area contributed by atoms with Crippen LogP contribution >= 0.6 is 11.8 Å². The van der Waals surface area contributed by atoms with E-state index >= 15 is 0 Å². The average molecular weight is 535 g/mol. The summed E-state index contributed by atoms with van der Waals surface area (Å²) >= 11 is 1.68. The van der Waals surface area contributed by atoms with E-state index in [1.807, 2.05) is 11.0 Å². The van der Waals surface area contributed by atoms with Gasteiger partial charge in [-0.25, -0.2) is 0 Å². The van der Waals surface area contributed by atoms with Crippen molar-refractivity contribution in [2.45, 2.75) is 100 Å². The van der Waals surface area contributed by atoms with E-state index in [1.165, 1.54) is 0 Å². The molecule has 37 heavy (non-hydrogen) atoms. The van der Waals surface area contributed by atoms with E-state index in [4.69, 9.17) is 4.74 Å². The number of likely N-dealkylation sites (tertiary alicyclic amines) is 1. The SMILES string of the molecule is C=CCCCCOC(=O)[C@H]1[C@H]2C(=O)N(CCCCO)C(C(=O)N(CC=C)C(C)CCC)C23CC[C@]1(C)S3. The number of unbranched alkanes of at least 4 members (excludes halogenated alkanes) is 3. The fraction of sp³-hybridized carbons (Fsp3) is 0.759. The quantitative estimate of drug-likeness (QED) is 0.180. The molecule has 0 aromatic heterocycles. The molecular weight excluding hydrogens is 488 g/mol. The van der Waals surface area contributed by atoms with Crippen molar-refractivity contribution in [2.75, 3.05) is 26.3 Å². The Morgan fingerprint density at radius 2 is 2.00 bits per heavy atom. The van der Waals surface area contributed by atoms with Crippen LogP contribution in [0, 0.1) is 11.8 Å². The van der Waals surface area contributed by atoms with Gasteiger partial charge in [0.2, 0.25) is 11.8 Å². The first-order valence-corrected chi connectivity index (χ1v) is 14.8. The van der Waals surface area contributed by atoms with Gasteiger partial charge in [0, 0.05) is 30.5 Å². The minimum atomic E-state index is -0.639. The van der Waals surface area contributed by atoms with Gasteiger partial charge in [0.05, 0.1) is 23.2 Å². The third-order valence-corrected chi connectivity index (χ3v) is 10.5. The van der Waals surface area contributed by atoms with E-state index in [1.54, 1.807) is 22.7 Å². The number of rotatable bonds is 16. The molecule has 3 aliphatic rings. The van der Waals surface area contributed by atoms with Crippen molar-refractivity contribution in [3.63, 3.8) is 0 Å². The molecule has 3 aliphatic heterocycles. The van der Waals surface area contributed by atoms with Crippen LogP contribution in [0.2, 0.25) is 0 Å². The number of allylic oxidation sites excluding steroid dienone is 1. The van der Waals surface area contributed by atoms with E-state index in [0.29, 0.717) is 32.5 Å². The summed E-state index contributed by atoms with van der Waals surface area (Å²) in [5.74, 6) is -1.58. The second-order valence-corrected chi connectivity index (χ2v) is 13.0. The predicted molar refractivity (Wildman–Crippen MR) is 148 cm³/mol. The number of ether oxygens (including phenoxy) is 1. The normalized spacial score (nSPS) is 30.8. The van der Waals surface area contributed by atoms with Gasteiger partial charge in [-0.05, 0) is 65.2 Å². The highest BCUT2D eigenvalue weighted by molar-refractivity contribution is 8.02. The van der Waals surface area contributed by atoms with Crippen molar-refractivity contribution in [1.82, 2.24) is 9.80 Å². The largest absolute Gasteiger partial charge is 0.465 e. The van der Waals surface area contributed by atoms with E-state index in [0.717, 1.165) is 44.9 Å². The number of esters is 1. The summed E-state index contributed by atoms with van der Waals surface area (Å²) in [7, 11) is 0. The molecule has 2 bridgehead atoms. The second-order valence-electron chi connectivity index (χ2n) is 11.1. The third kappa shape index (κ3) is 5.65. The maximum atomic E-state index is 14.3. The number of aliphatic hydroxyl groups is 1. The van der Waals surface area contributed by atoms with Crippen LogP contribution in [0.5, 0.6) is 0 Å². The van der Waals surface area contributed by atoms with Crippen molar-refractivity contribution >= 4 is 29.5 Å². The van der Waals surface area contributed by atoms with Gasteiger partial charge in [-0.2, -0.15) is 0 Å². The van der Waals surface area contributed by atoms with Gasteiger partial charge in [-0.3, -0.25) is 14.4 Å². The maximum absolute atomic E-state index is 14.3. The van der Waals surface area contributed by atoms with E-state index in [9.17, 15) is 19.5 Å². The van der Waals surface area contributed by atoms with Crippen LogP contribution in [0.3, 0.4) is 0 Å². The predicted octanol–water partition coefficient (Wildman–Crippen LogP) is 4.34. The van der Waals surface area contributed by atoms with E-state index in [-0.39, 0.29) is 30.4 Å². The smallest absolute Gasteiger partial charge is 0.311 e. The van der Waals surface area contributed by atoms with E-state index < -0.39 is 27.4 Å². The number of nitrogens with zero attached hydrogens (tertiary/aromatic N) is 2. The Kier molecular flexibility index (Phi) is 10.3. The van der Waals surface area contributed by atoms with Crippen molar-refractivity contribution in [1.29, 1.82) is 0 Å². The Hall–Kier alpha value is -1.80. The Morgan fingerprint density at radius 3 is 2.65 bits per heavy atom. The maximum Gasteiger partial charge on any atom is 0.311 e. The molecule has 0 aliphatic carbocycles. The molecule has 0 saturated carbocycles. The van der Waals surface area contributed by atoms with Crippen molar-refractivity contribution in [3.8, 4) is 0 Å². The average Bonchev–Trinajstić information content (AvgIpc) is 3.43. The van der Waals surface area contributed by atoms with Crippen LogP contribution in [0.15, 0.2) is 25.3 Å². The van der Waals surface area contributed by atoms with Gasteiger partial charge < -0.3 is 19.6 Å². The number of carbonyl (C=O) groups excluding carboxylic acids is 3. The lowest BCUT2D eigenvalue weighted by Crippen LogP contribution is -2.56. The third-order valence-electron chi connectivity index (χ3n) is 8.47. The Balaban J connectivity index is 1.94. The molecule has 208 valence electrons. The highest BCUT2D eigenvalue weighted by Gasteiger charge is 2.77. The standard InChI is InChI=1S/C29H46N2O5S/c1-6-9-10-13-20-36-27(35)23-22-25(33)31(18-11-12-19-32)24(29(22)16-15-28(23,5)37-29)26(34)30(17-8-3)21(4)14-7-2/h6,8,21-24,32H,1,3,7,9-20H2,2,4-5H3/t21?,22-,23+,24?,28-,29?/m0/s1. The molecule has 6 atom stereocenters. The van der Waals surface area contributed by atoms with Gasteiger partial charge in [-0.15, -0.1) is 24.9 Å². The minimum absolute atomic E-state index is 0.0239. The fourth-order valence-corrected chi connectivity index (χ4v) is 9.05. The number of fused-ring (bicyclic) bond motifs is 1. The molecule has 3 saturated heterocycles. The zero-order valence-corrected chi connectivity index (χ0v) is 23.8. The van der Waals surface area contributed by atoms with Gasteiger partial charge in [-0.1, -0.05) is 25.5 Å².